The van der Waals surface area contributed by atoms with E-state index in [-0.39, 0.29) is 5.91 Å². The molecule has 5 heteroatoms. The monoisotopic (exact) mass is 341 g/mol. The molecule has 0 aliphatic carbocycles. The third-order valence-corrected chi connectivity index (χ3v) is 5.82. The lowest BCUT2D eigenvalue weighted by atomic mass is 10.1. The van der Waals surface area contributed by atoms with Gasteiger partial charge in [0.1, 0.15) is 0 Å². The first-order chi connectivity index (χ1) is 11.8. The molecule has 0 saturated carbocycles. The normalized spacial score (nSPS) is 21.5. The van der Waals surface area contributed by atoms with E-state index in [1.165, 1.54) is 25.9 Å². The van der Waals surface area contributed by atoms with Gasteiger partial charge in [-0.05, 0) is 62.4 Å². The Morgan fingerprint density at radius 1 is 1.17 bits per heavy atom. The van der Waals surface area contributed by atoms with Crippen LogP contribution < -0.4 is 0 Å². The molecule has 0 aromatic carbocycles. The summed E-state index contributed by atoms with van der Waals surface area (Å²) in [5.74, 6) is 0.140. The van der Waals surface area contributed by atoms with E-state index in [4.69, 9.17) is 0 Å². The van der Waals surface area contributed by atoms with Crippen molar-refractivity contribution in [2.45, 2.75) is 31.7 Å². The van der Waals surface area contributed by atoms with Gasteiger partial charge in [0.2, 0.25) is 0 Å². The van der Waals surface area contributed by atoms with Crippen LogP contribution >= 0.6 is 11.3 Å². The molecule has 2 aliphatic heterocycles. The van der Waals surface area contributed by atoms with Gasteiger partial charge in [0.05, 0.1) is 11.3 Å². The quantitative estimate of drug-likeness (QED) is 0.854. The van der Waals surface area contributed by atoms with Gasteiger partial charge in [0.25, 0.3) is 5.91 Å². The molecule has 2 aromatic rings. The number of rotatable bonds is 4. The number of amides is 1. The summed E-state index contributed by atoms with van der Waals surface area (Å²) in [5, 5.41) is 4.12. The summed E-state index contributed by atoms with van der Waals surface area (Å²) in [6.07, 6.45) is 6.58. The van der Waals surface area contributed by atoms with Gasteiger partial charge in [-0.25, -0.2) is 0 Å². The van der Waals surface area contributed by atoms with Crippen LogP contribution in [0.3, 0.4) is 0 Å². The summed E-state index contributed by atoms with van der Waals surface area (Å²) in [4.78, 5) is 22.0. The lowest BCUT2D eigenvalue weighted by molar-refractivity contribution is 0.0708. The van der Waals surface area contributed by atoms with Crippen molar-refractivity contribution in [1.29, 1.82) is 0 Å². The standard InChI is InChI=1S/C19H23N3OS/c23-19(15-5-6-18(20-12-15)16-7-11-24-14-16)22-10-3-4-17(22)13-21-8-1-2-9-21/h5-7,11-12,14,17H,1-4,8-10,13H2. The van der Waals surface area contributed by atoms with Gasteiger partial charge in [-0.3, -0.25) is 9.78 Å². The van der Waals surface area contributed by atoms with Crippen molar-refractivity contribution in [2.24, 2.45) is 0 Å². The van der Waals surface area contributed by atoms with E-state index in [9.17, 15) is 4.79 Å². The Morgan fingerprint density at radius 3 is 2.75 bits per heavy atom. The lowest BCUT2D eigenvalue weighted by Crippen LogP contribution is -2.42. The highest BCUT2D eigenvalue weighted by molar-refractivity contribution is 7.08. The summed E-state index contributed by atoms with van der Waals surface area (Å²) < 4.78 is 0. The Hall–Kier alpha value is -1.72. The average Bonchev–Trinajstić information content (AvgIpc) is 3.37. The molecule has 0 radical (unpaired) electrons. The molecular formula is C19H23N3OS. The fourth-order valence-electron chi connectivity index (χ4n) is 3.82. The molecule has 0 spiro atoms. The van der Waals surface area contributed by atoms with E-state index >= 15 is 0 Å². The number of pyridine rings is 1. The fraction of sp³-hybridized carbons (Fsp3) is 0.474. The van der Waals surface area contributed by atoms with Gasteiger partial charge in [-0.2, -0.15) is 11.3 Å². The molecule has 24 heavy (non-hydrogen) atoms. The van der Waals surface area contributed by atoms with Gasteiger partial charge in [-0.15, -0.1) is 0 Å². The molecule has 126 valence electrons. The molecule has 4 rings (SSSR count). The summed E-state index contributed by atoms with van der Waals surface area (Å²) in [7, 11) is 0. The number of aromatic nitrogens is 1. The molecule has 4 heterocycles. The Labute approximate surface area is 147 Å². The molecule has 2 aromatic heterocycles. The van der Waals surface area contributed by atoms with Crippen LogP contribution in [0.15, 0.2) is 35.2 Å². The van der Waals surface area contributed by atoms with Crippen molar-refractivity contribution in [3.8, 4) is 11.3 Å². The molecule has 2 fully saturated rings. The van der Waals surface area contributed by atoms with Gasteiger partial charge >= 0.3 is 0 Å². The molecule has 1 unspecified atom stereocenters. The summed E-state index contributed by atoms with van der Waals surface area (Å²) >= 11 is 1.66. The minimum atomic E-state index is 0.140. The van der Waals surface area contributed by atoms with Crippen molar-refractivity contribution in [3.05, 3.63) is 40.7 Å². The lowest BCUT2D eigenvalue weighted by Gasteiger charge is -2.28. The second-order valence-electron chi connectivity index (χ2n) is 6.75. The number of thiophene rings is 1. The highest BCUT2D eigenvalue weighted by atomic mass is 32.1. The Kier molecular flexibility index (Phi) is 4.63. The zero-order chi connectivity index (χ0) is 16.4. The summed E-state index contributed by atoms with van der Waals surface area (Å²) in [6.45, 7) is 4.29. The minimum Gasteiger partial charge on any atom is -0.334 e. The topological polar surface area (TPSA) is 36.4 Å². The first kappa shape index (κ1) is 15.8. The smallest absolute Gasteiger partial charge is 0.255 e. The molecule has 0 bridgehead atoms. The van der Waals surface area contributed by atoms with Crippen molar-refractivity contribution in [1.82, 2.24) is 14.8 Å². The van der Waals surface area contributed by atoms with Crippen molar-refractivity contribution in [3.63, 3.8) is 0 Å². The molecule has 2 saturated heterocycles. The van der Waals surface area contributed by atoms with Crippen molar-refractivity contribution >= 4 is 17.2 Å². The average molecular weight is 341 g/mol. The van der Waals surface area contributed by atoms with E-state index in [0.29, 0.717) is 11.6 Å². The SMILES string of the molecule is O=C(c1ccc(-c2ccsc2)nc1)N1CCCC1CN1CCCC1. The Balaban J connectivity index is 1.45. The highest BCUT2D eigenvalue weighted by Gasteiger charge is 2.31. The van der Waals surface area contributed by atoms with Crippen molar-refractivity contribution in [2.75, 3.05) is 26.2 Å². The number of likely N-dealkylation sites (tertiary alicyclic amines) is 2. The molecule has 1 amide bonds. The fourth-order valence-corrected chi connectivity index (χ4v) is 4.47. The second-order valence-corrected chi connectivity index (χ2v) is 7.53. The van der Waals surface area contributed by atoms with Crippen LogP contribution in [0.25, 0.3) is 11.3 Å². The van der Waals surface area contributed by atoms with Crippen LogP contribution in [-0.4, -0.2) is 52.9 Å². The van der Waals surface area contributed by atoms with Crippen LogP contribution in [-0.2, 0) is 0 Å². The predicted octanol–water partition coefficient (Wildman–Crippen LogP) is 3.51. The van der Waals surface area contributed by atoms with E-state index in [1.807, 2.05) is 17.5 Å². The number of carbonyl (C=O) groups is 1. The van der Waals surface area contributed by atoms with Crippen LogP contribution in [0.4, 0.5) is 0 Å². The van der Waals surface area contributed by atoms with E-state index in [1.54, 1.807) is 17.5 Å². The Bertz CT molecular complexity index is 677. The zero-order valence-corrected chi connectivity index (χ0v) is 14.7. The van der Waals surface area contributed by atoms with Gasteiger partial charge < -0.3 is 9.80 Å². The maximum Gasteiger partial charge on any atom is 0.255 e. The van der Waals surface area contributed by atoms with E-state index < -0.39 is 0 Å². The third-order valence-electron chi connectivity index (χ3n) is 5.13. The van der Waals surface area contributed by atoms with Gasteiger partial charge in [0.15, 0.2) is 0 Å². The van der Waals surface area contributed by atoms with Crippen LogP contribution in [0.5, 0.6) is 0 Å². The molecule has 4 nitrogen and oxygen atoms in total. The van der Waals surface area contributed by atoms with Crippen LogP contribution in [0.2, 0.25) is 0 Å². The first-order valence-corrected chi connectivity index (χ1v) is 9.77. The number of carbonyl (C=O) groups excluding carboxylic acids is 1. The maximum absolute atomic E-state index is 12.9. The predicted molar refractivity (Wildman–Crippen MR) is 97.3 cm³/mol. The second kappa shape index (κ2) is 7.03. The largest absolute Gasteiger partial charge is 0.334 e. The number of hydrogen-bond donors (Lipinski definition) is 0. The van der Waals surface area contributed by atoms with E-state index in [2.05, 4.69) is 26.2 Å². The minimum absolute atomic E-state index is 0.140. The van der Waals surface area contributed by atoms with Gasteiger partial charge in [-0.1, -0.05) is 0 Å². The molecule has 1 atom stereocenters. The van der Waals surface area contributed by atoms with Crippen LogP contribution in [0.1, 0.15) is 36.0 Å². The summed E-state index contributed by atoms with van der Waals surface area (Å²) in [5.41, 5.74) is 2.76. The first-order valence-electron chi connectivity index (χ1n) is 8.83. The molecular weight excluding hydrogens is 318 g/mol. The highest BCUT2D eigenvalue weighted by Crippen LogP contribution is 2.24. The van der Waals surface area contributed by atoms with Gasteiger partial charge in [0, 0.05) is 36.3 Å². The Morgan fingerprint density at radius 2 is 2.04 bits per heavy atom. The number of hydrogen-bond acceptors (Lipinski definition) is 4. The van der Waals surface area contributed by atoms with Crippen LogP contribution in [0, 0.1) is 0 Å². The van der Waals surface area contributed by atoms with E-state index in [0.717, 1.165) is 37.2 Å². The zero-order valence-electron chi connectivity index (χ0n) is 13.9. The third kappa shape index (κ3) is 3.23. The molecule has 2 aliphatic rings. The summed E-state index contributed by atoms with van der Waals surface area (Å²) in [6, 6.07) is 6.31. The molecule has 0 N–H and O–H groups in total. The number of nitrogens with zero attached hydrogens (tertiary/aromatic N) is 3. The van der Waals surface area contributed by atoms with Crippen molar-refractivity contribution < 1.29 is 4.79 Å². The maximum atomic E-state index is 12.9.